The van der Waals surface area contributed by atoms with Crippen molar-refractivity contribution in [3.8, 4) is 0 Å². The molecule has 11 heteroatoms. The molecule has 0 unspecified atom stereocenters. The van der Waals surface area contributed by atoms with Gasteiger partial charge >= 0.3 is 0 Å². The summed E-state index contributed by atoms with van der Waals surface area (Å²) in [6, 6.07) is 8.52. The average molecular weight is 497 g/mol. The number of hydrogen-bond donors (Lipinski definition) is 3. The van der Waals surface area contributed by atoms with Crippen molar-refractivity contribution in [2.24, 2.45) is 15.9 Å². The number of allylic oxidation sites excluding steroid dienone is 2. The minimum Gasteiger partial charge on any atom is -0.369 e. The number of anilines is 1. The molecule has 1 aliphatic rings. The fraction of sp³-hybridized carbons (Fsp3) is 0. The smallest absolute Gasteiger partial charge is 0.285 e. The third kappa shape index (κ3) is 3.68. The molecule has 0 spiro atoms. The highest BCUT2D eigenvalue weighted by Gasteiger charge is 2.32. The molecule has 1 aliphatic carbocycles. The lowest BCUT2D eigenvalue weighted by Crippen LogP contribution is -2.25. The van der Waals surface area contributed by atoms with Crippen LogP contribution in [0.15, 0.2) is 61.2 Å². The van der Waals surface area contributed by atoms with Gasteiger partial charge < -0.3 is 16.8 Å². The standard InChI is InChI=1S/C16H12IN5O4S/c17-11-13(14(23)10-2-1-7-20-12(10)15(11)24)21-8-3-5-9(6-4-8)27(25,26)22-16(18)19/h1-7,21H,(H4,18,19,22). The monoisotopic (exact) mass is 497 g/mol. The number of aromatic nitrogens is 1. The van der Waals surface area contributed by atoms with Gasteiger partial charge in [0.1, 0.15) is 11.4 Å². The van der Waals surface area contributed by atoms with Gasteiger partial charge in [-0.1, -0.05) is 0 Å². The average Bonchev–Trinajstić information content (AvgIpc) is 2.63. The normalized spacial score (nSPS) is 14.0. The van der Waals surface area contributed by atoms with Crippen molar-refractivity contribution in [3.05, 3.63) is 63.1 Å². The maximum absolute atomic E-state index is 12.7. The fourth-order valence-corrected chi connectivity index (χ4v) is 3.88. The van der Waals surface area contributed by atoms with Crippen LogP contribution in [-0.4, -0.2) is 30.9 Å². The van der Waals surface area contributed by atoms with Gasteiger partial charge in [0.2, 0.25) is 17.5 Å². The van der Waals surface area contributed by atoms with Crippen LogP contribution in [0.2, 0.25) is 0 Å². The zero-order valence-corrected chi connectivity index (χ0v) is 16.5. The summed E-state index contributed by atoms with van der Waals surface area (Å²) in [6.45, 7) is 0. The summed E-state index contributed by atoms with van der Waals surface area (Å²) in [5.74, 6) is -1.31. The summed E-state index contributed by atoms with van der Waals surface area (Å²) in [5.41, 5.74) is 11.0. The second-order valence-corrected chi connectivity index (χ2v) is 8.07. The quantitative estimate of drug-likeness (QED) is 0.323. The number of guanidine groups is 1. The third-order valence-corrected chi connectivity index (χ3v) is 5.91. The number of Topliss-reactive ketones (excluding diaryl/α,β-unsaturated/α-hetero) is 2. The summed E-state index contributed by atoms with van der Waals surface area (Å²) < 4.78 is 27.3. The first-order valence-electron chi connectivity index (χ1n) is 7.38. The van der Waals surface area contributed by atoms with Crippen LogP contribution in [0, 0.1) is 0 Å². The fourth-order valence-electron chi connectivity index (χ4n) is 2.38. The van der Waals surface area contributed by atoms with E-state index in [1.54, 1.807) is 28.7 Å². The van der Waals surface area contributed by atoms with Crippen molar-refractivity contribution in [1.29, 1.82) is 0 Å². The highest BCUT2D eigenvalue weighted by molar-refractivity contribution is 14.1. The molecule has 0 saturated heterocycles. The highest BCUT2D eigenvalue weighted by atomic mass is 127. The Bertz CT molecular complexity index is 1120. The number of rotatable bonds is 4. The molecule has 138 valence electrons. The van der Waals surface area contributed by atoms with E-state index in [9.17, 15) is 18.0 Å². The molecule has 3 rings (SSSR count). The predicted molar refractivity (Wildman–Crippen MR) is 107 cm³/mol. The summed E-state index contributed by atoms with van der Waals surface area (Å²) in [5, 5.41) is 2.87. The first-order chi connectivity index (χ1) is 12.7. The van der Waals surface area contributed by atoms with E-state index < -0.39 is 16.0 Å². The number of benzene rings is 1. The number of fused-ring (bicyclic) bond motifs is 1. The number of nitrogens with zero attached hydrogens (tertiary/aromatic N) is 2. The Morgan fingerprint density at radius 3 is 2.37 bits per heavy atom. The van der Waals surface area contributed by atoms with Gasteiger partial charge in [-0.3, -0.25) is 14.6 Å². The molecule has 27 heavy (non-hydrogen) atoms. The lowest BCUT2D eigenvalue weighted by Gasteiger charge is -2.18. The Balaban J connectivity index is 1.92. The van der Waals surface area contributed by atoms with E-state index in [2.05, 4.69) is 14.7 Å². The number of hydrogen-bond acceptors (Lipinski definition) is 6. The van der Waals surface area contributed by atoms with Crippen LogP contribution in [0.1, 0.15) is 20.8 Å². The molecule has 0 bridgehead atoms. The Labute approximate surface area is 167 Å². The number of nitrogens with two attached hydrogens (primary N) is 2. The van der Waals surface area contributed by atoms with Crippen molar-refractivity contribution >= 4 is 55.8 Å². The summed E-state index contributed by atoms with van der Waals surface area (Å²) in [4.78, 5) is 28.9. The van der Waals surface area contributed by atoms with Gasteiger partial charge in [0, 0.05) is 11.9 Å². The molecular formula is C16H12IN5O4S. The molecule has 5 N–H and O–H groups in total. The molecule has 0 amide bonds. The van der Waals surface area contributed by atoms with Crippen LogP contribution in [-0.2, 0) is 10.0 Å². The Kier molecular flexibility index (Phi) is 4.97. The van der Waals surface area contributed by atoms with E-state index in [1.807, 2.05) is 0 Å². The number of pyridine rings is 1. The van der Waals surface area contributed by atoms with Crippen molar-refractivity contribution in [3.63, 3.8) is 0 Å². The Morgan fingerprint density at radius 1 is 1.07 bits per heavy atom. The molecule has 0 saturated carbocycles. The third-order valence-electron chi connectivity index (χ3n) is 3.56. The van der Waals surface area contributed by atoms with Crippen LogP contribution >= 0.6 is 22.6 Å². The minimum absolute atomic E-state index is 0.0981. The van der Waals surface area contributed by atoms with E-state index in [0.717, 1.165) is 0 Å². The molecule has 1 heterocycles. The van der Waals surface area contributed by atoms with Crippen molar-refractivity contribution < 1.29 is 18.0 Å². The van der Waals surface area contributed by atoms with Crippen LogP contribution in [0.4, 0.5) is 5.69 Å². The van der Waals surface area contributed by atoms with Crippen molar-refractivity contribution in [2.45, 2.75) is 4.90 Å². The zero-order valence-electron chi connectivity index (χ0n) is 13.5. The largest absolute Gasteiger partial charge is 0.369 e. The van der Waals surface area contributed by atoms with Gasteiger partial charge in [0.15, 0.2) is 0 Å². The Morgan fingerprint density at radius 2 is 1.74 bits per heavy atom. The first kappa shape index (κ1) is 19.0. The summed E-state index contributed by atoms with van der Waals surface area (Å²) in [7, 11) is -4.01. The number of ketones is 2. The lowest BCUT2D eigenvalue weighted by molar-refractivity contribution is 0.0980. The van der Waals surface area contributed by atoms with E-state index in [-0.39, 0.29) is 37.0 Å². The molecular weight excluding hydrogens is 485 g/mol. The van der Waals surface area contributed by atoms with E-state index in [4.69, 9.17) is 11.5 Å². The van der Waals surface area contributed by atoms with E-state index >= 15 is 0 Å². The number of nitrogens with one attached hydrogen (secondary N) is 1. The number of carbonyl (C=O) groups is 2. The van der Waals surface area contributed by atoms with Gasteiger partial charge in [-0.05, 0) is 59.0 Å². The van der Waals surface area contributed by atoms with E-state index in [0.29, 0.717) is 5.69 Å². The van der Waals surface area contributed by atoms with Gasteiger partial charge in [-0.15, -0.1) is 4.40 Å². The SMILES string of the molecule is NC(N)=NS(=O)(=O)c1ccc(NC2=C(I)C(=O)c3ncccc3C2=O)cc1. The highest BCUT2D eigenvalue weighted by Crippen LogP contribution is 2.30. The maximum Gasteiger partial charge on any atom is 0.285 e. The topological polar surface area (TPSA) is 158 Å². The molecule has 2 aromatic rings. The van der Waals surface area contributed by atoms with Crippen LogP contribution in [0.25, 0.3) is 0 Å². The van der Waals surface area contributed by atoms with Gasteiger partial charge in [0.05, 0.1) is 14.0 Å². The second-order valence-electron chi connectivity index (χ2n) is 5.39. The van der Waals surface area contributed by atoms with Crippen LogP contribution in [0.3, 0.4) is 0 Å². The summed E-state index contributed by atoms with van der Waals surface area (Å²) >= 11 is 1.78. The predicted octanol–water partition coefficient (Wildman–Crippen LogP) is 1.18. The molecule has 0 aliphatic heterocycles. The van der Waals surface area contributed by atoms with Crippen LogP contribution in [0.5, 0.6) is 0 Å². The number of sulfonamides is 1. The molecule has 1 aromatic carbocycles. The van der Waals surface area contributed by atoms with Gasteiger partial charge in [-0.25, -0.2) is 0 Å². The maximum atomic E-state index is 12.7. The van der Waals surface area contributed by atoms with Crippen LogP contribution < -0.4 is 16.8 Å². The number of halogens is 1. The molecule has 9 nitrogen and oxygen atoms in total. The molecule has 0 atom stereocenters. The van der Waals surface area contributed by atoms with Crippen molar-refractivity contribution in [1.82, 2.24) is 4.98 Å². The van der Waals surface area contributed by atoms with Crippen molar-refractivity contribution in [2.75, 3.05) is 5.32 Å². The molecule has 1 aromatic heterocycles. The van der Waals surface area contributed by atoms with E-state index in [1.165, 1.54) is 36.5 Å². The van der Waals surface area contributed by atoms with Gasteiger partial charge in [0.25, 0.3) is 10.0 Å². The lowest BCUT2D eigenvalue weighted by atomic mass is 9.97. The zero-order chi connectivity index (χ0) is 19.8. The molecule has 0 radical (unpaired) electrons. The van der Waals surface area contributed by atoms with Gasteiger partial charge in [-0.2, -0.15) is 8.42 Å². The Hall–Kier alpha value is -2.80. The molecule has 0 fully saturated rings. The first-order valence-corrected chi connectivity index (χ1v) is 9.90. The minimum atomic E-state index is -4.01. The number of carbonyl (C=O) groups excluding carboxylic acids is 2. The summed E-state index contributed by atoms with van der Waals surface area (Å²) in [6.07, 6.45) is 1.45. The second kappa shape index (κ2) is 7.08.